The molecule has 0 spiro atoms. The van der Waals surface area contributed by atoms with Crippen LogP contribution in [0, 0.1) is 5.92 Å². The Morgan fingerprint density at radius 1 is 1.23 bits per heavy atom. The smallest absolute Gasteiger partial charge is 0.231 e. The third-order valence-corrected chi connectivity index (χ3v) is 4.69. The Morgan fingerprint density at radius 2 is 1.95 bits per heavy atom. The second-order valence-electron chi connectivity index (χ2n) is 6.22. The standard InChI is InChI=1S/C17H22O5/c18-13(8-11-4-2-1-3-5-11)16(17(19)20)12-6-7-14-15(9-12)22-10-21-14/h6-7,9,11,13,16,18H,1-5,8,10H2,(H,19,20)/p-1. The van der Waals surface area contributed by atoms with Crippen LogP contribution in [0.2, 0.25) is 0 Å². The lowest BCUT2D eigenvalue weighted by Gasteiger charge is -2.29. The van der Waals surface area contributed by atoms with Crippen molar-refractivity contribution in [2.45, 2.75) is 50.5 Å². The minimum absolute atomic E-state index is 0.138. The first-order valence-corrected chi connectivity index (χ1v) is 7.93. The third-order valence-electron chi connectivity index (χ3n) is 4.69. The third kappa shape index (κ3) is 3.19. The molecule has 5 heteroatoms. The van der Waals surface area contributed by atoms with Crippen LogP contribution in [-0.2, 0) is 4.79 Å². The Labute approximate surface area is 129 Å². The van der Waals surface area contributed by atoms with Crippen molar-refractivity contribution in [1.82, 2.24) is 0 Å². The van der Waals surface area contributed by atoms with Gasteiger partial charge in [-0.3, -0.25) is 0 Å². The number of carboxylic acids is 1. The van der Waals surface area contributed by atoms with Gasteiger partial charge in [0.1, 0.15) is 0 Å². The molecule has 1 aliphatic carbocycles. The lowest BCUT2D eigenvalue weighted by molar-refractivity contribution is -0.310. The molecule has 1 saturated carbocycles. The highest BCUT2D eigenvalue weighted by Crippen LogP contribution is 2.37. The van der Waals surface area contributed by atoms with Gasteiger partial charge in [0, 0.05) is 5.92 Å². The number of rotatable bonds is 5. The van der Waals surface area contributed by atoms with Gasteiger partial charge in [-0.25, -0.2) is 0 Å². The van der Waals surface area contributed by atoms with E-state index in [0.717, 1.165) is 25.7 Å². The molecule has 1 N–H and O–H groups in total. The molecule has 0 aromatic heterocycles. The van der Waals surface area contributed by atoms with E-state index in [-0.39, 0.29) is 6.79 Å². The minimum atomic E-state index is -1.25. The van der Waals surface area contributed by atoms with Crippen molar-refractivity contribution < 1.29 is 24.5 Å². The van der Waals surface area contributed by atoms with Crippen molar-refractivity contribution in [2.75, 3.05) is 6.79 Å². The van der Waals surface area contributed by atoms with E-state index < -0.39 is 18.0 Å². The maximum Gasteiger partial charge on any atom is 0.231 e. The number of carboxylic acid groups (broad SMARTS) is 1. The number of ether oxygens (including phenoxy) is 2. The molecular formula is C17H21O5-. The van der Waals surface area contributed by atoms with Crippen LogP contribution in [0.25, 0.3) is 0 Å². The van der Waals surface area contributed by atoms with E-state index in [4.69, 9.17) is 9.47 Å². The summed E-state index contributed by atoms with van der Waals surface area (Å²) in [5.41, 5.74) is 0.507. The summed E-state index contributed by atoms with van der Waals surface area (Å²) in [5, 5.41) is 22.0. The lowest BCUT2D eigenvalue weighted by Crippen LogP contribution is -2.38. The Kier molecular flexibility index (Phi) is 4.52. The van der Waals surface area contributed by atoms with E-state index in [9.17, 15) is 15.0 Å². The zero-order valence-corrected chi connectivity index (χ0v) is 12.5. The van der Waals surface area contributed by atoms with Gasteiger partial charge in [-0.2, -0.15) is 0 Å². The normalized spacial score (nSPS) is 20.6. The van der Waals surface area contributed by atoms with Gasteiger partial charge in [-0.1, -0.05) is 38.2 Å². The Bertz CT molecular complexity index is 536. The van der Waals surface area contributed by atoms with Crippen LogP contribution in [-0.4, -0.2) is 24.0 Å². The summed E-state index contributed by atoms with van der Waals surface area (Å²) < 4.78 is 10.5. The summed E-state index contributed by atoms with van der Waals surface area (Å²) in [6, 6.07) is 4.98. The number of hydrogen-bond acceptors (Lipinski definition) is 5. The predicted octanol–water partition coefficient (Wildman–Crippen LogP) is 1.58. The second kappa shape index (κ2) is 6.57. The molecule has 5 nitrogen and oxygen atoms in total. The maximum absolute atomic E-state index is 11.5. The molecule has 0 saturated heterocycles. The molecule has 0 radical (unpaired) electrons. The van der Waals surface area contributed by atoms with Gasteiger partial charge in [0.2, 0.25) is 6.79 Å². The molecule has 1 aliphatic heterocycles. The first-order chi connectivity index (χ1) is 10.6. The molecule has 2 aliphatic rings. The van der Waals surface area contributed by atoms with Crippen LogP contribution in [0.3, 0.4) is 0 Å². The highest BCUT2D eigenvalue weighted by molar-refractivity contribution is 5.75. The number of aliphatic carboxylic acids is 1. The quantitative estimate of drug-likeness (QED) is 0.893. The van der Waals surface area contributed by atoms with Gasteiger partial charge in [0.15, 0.2) is 11.5 Å². The van der Waals surface area contributed by atoms with Crippen molar-refractivity contribution in [2.24, 2.45) is 5.92 Å². The summed E-state index contributed by atoms with van der Waals surface area (Å²) in [6.07, 6.45) is 5.27. The summed E-state index contributed by atoms with van der Waals surface area (Å²) in [5.74, 6) is -0.755. The molecule has 1 fully saturated rings. The van der Waals surface area contributed by atoms with Crippen LogP contribution in [0.1, 0.15) is 50.0 Å². The van der Waals surface area contributed by atoms with Crippen molar-refractivity contribution >= 4 is 5.97 Å². The Hall–Kier alpha value is -1.75. The van der Waals surface area contributed by atoms with Gasteiger partial charge in [0.05, 0.1) is 12.1 Å². The zero-order chi connectivity index (χ0) is 15.5. The summed E-state index contributed by atoms with van der Waals surface area (Å²) in [7, 11) is 0. The first kappa shape index (κ1) is 15.2. The number of aliphatic hydroxyl groups excluding tert-OH is 1. The Balaban J connectivity index is 1.75. The fraction of sp³-hybridized carbons (Fsp3) is 0.588. The number of benzene rings is 1. The molecule has 0 bridgehead atoms. The number of fused-ring (bicyclic) bond motifs is 1. The van der Waals surface area contributed by atoms with Crippen LogP contribution in [0.4, 0.5) is 0 Å². The van der Waals surface area contributed by atoms with Gasteiger partial charge in [0.25, 0.3) is 0 Å². The van der Waals surface area contributed by atoms with Crippen molar-refractivity contribution in [3.05, 3.63) is 23.8 Å². The van der Waals surface area contributed by atoms with Crippen LogP contribution < -0.4 is 14.6 Å². The largest absolute Gasteiger partial charge is 0.549 e. The molecule has 1 aromatic carbocycles. The van der Waals surface area contributed by atoms with Crippen molar-refractivity contribution in [1.29, 1.82) is 0 Å². The lowest BCUT2D eigenvalue weighted by atomic mass is 9.81. The van der Waals surface area contributed by atoms with Gasteiger partial charge in [-0.05, 0) is 30.0 Å². The molecule has 1 aromatic rings. The van der Waals surface area contributed by atoms with Crippen molar-refractivity contribution in [3.8, 4) is 11.5 Å². The molecule has 2 unspecified atom stereocenters. The average Bonchev–Trinajstić information content (AvgIpc) is 2.95. The molecular weight excluding hydrogens is 284 g/mol. The molecule has 2 atom stereocenters. The van der Waals surface area contributed by atoms with Crippen molar-refractivity contribution in [3.63, 3.8) is 0 Å². The zero-order valence-electron chi connectivity index (χ0n) is 12.5. The average molecular weight is 305 g/mol. The van der Waals surface area contributed by atoms with Crippen LogP contribution in [0.15, 0.2) is 18.2 Å². The monoisotopic (exact) mass is 305 g/mol. The van der Waals surface area contributed by atoms with E-state index in [1.54, 1.807) is 18.2 Å². The van der Waals surface area contributed by atoms with E-state index in [0.29, 0.717) is 29.4 Å². The number of hydrogen-bond donors (Lipinski definition) is 1. The molecule has 1 heterocycles. The molecule has 120 valence electrons. The number of carbonyl (C=O) groups excluding carboxylic acids is 1. The number of carbonyl (C=O) groups is 1. The molecule has 3 rings (SSSR count). The summed E-state index contributed by atoms with van der Waals surface area (Å²) in [6.45, 7) is 0.138. The summed E-state index contributed by atoms with van der Waals surface area (Å²) in [4.78, 5) is 11.5. The fourth-order valence-electron chi connectivity index (χ4n) is 3.52. The number of aliphatic hydroxyl groups is 1. The van der Waals surface area contributed by atoms with Crippen LogP contribution >= 0.6 is 0 Å². The topological polar surface area (TPSA) is 78.8 Å². The molecule has 22 heavy (non-hydrogen) atoms. The van der Waals surface area contributed by atoms with E-state index in [2.05, 4.69) is 0 Å². The summed E-state index contributed by atoms with van der Waals surface area (Å²) >= 11 is 0. The van der Waals surface area contributed by atoms with Gasteiger partial charge < -0.3 is 24.5 Å². The minimum Gasteiger partial charge on any atom is -0.549 e. The molecule has 0 amide bonds. The second-order valence-corrected chi connectivity index (χ2v) is 6.22. The fourth-order valence-corrected chi connectivity index (χ4v) is 3.52. The van der Waals surface area contributed by atoms with Gasteiger partial charge in [-0.15, -0.1) is 0 Å². The maximum atomic E-state index is 11.5. The highest BCUT2D eigenvalue weighted by atomic mass is 16.7. The van der Waals surface area contributed by atoms with E-state index in [1.165, 1.54) is 6.42 Å². The highest BCUT2D eigenvalue weighted by Gasteiger charge is 2.28. The van der Waals surface area contributed by atoms with Gasteiger partial charge >= 0.3 is 0 Å². The Morgan fingerprint density at radius 3 is 2.68 bits per heavy atom. The van der Waals surface area contributed by atoms with E-state index >= 15 is 0 Å². The predicted molar refractivity (Wildman–Crippen MR) is 77.5 cm³/mol. The first-order valence-electron chi connectivity index (χ1n) is 7.93. The van der Waals surface area contributed by atoms with Crippen LogP contribution in [0.5, 0.6) is 11.5 Å². The SMILES string of the molecule is O=C([O-])C(c1ccc2c(c1)OCO2)C(O)CC1CCCCC1. The van der Waals surface area contributed by atoms with E-state index in [1.807, 2.05) is 0 Å².